The predicted molar refractivity (Wildman–Crippen MR) is 126 cm³/mol. The second kappa shape index (κ2) is 9.60. The number of para-hydroxylation sites is 1. The minimum Gasteiger partial charge on any atom is -0.457 e. The second-order valence-electron chi connectivity index (χ2n) is 7.22. The average molecular weight is 457 g/mol. The lowest BCUT2D eigenvalue weighted by atomic mass is 10.1. The summed E-state index contributed by atoms with van der Waals surface area (Å²) in [5.74, 6) is 0.987. The van der Waals surface area contributed by atoms with Crippen molar-refractivity contribution in [2.24, 2.45) is 0 Å². The summed E-state index contributed by atoms with van der Waals surface area (Å²) in [6, 6.07) is 14.9. The van der Waals surface area contributed by atoms with Gasteiger partial charge in [0.1, 0.15) is 11.5 Å². The van der Waals surface area contributed by atoms with Crippen molar-refractivity contribution >= 4 is 46.6 Å². The summed E-state index contributed by atoms with van der Waals surface area (Å²) in [4.78, 5) is 14.7. The fraction of sp³-hybridized carbons (Fsp3) is 0.208. The van der Waals surface area contributed by atoms with Gasteiger partial charge in [0.05, 0.1) is 29.6 Å². The SMILES string of the molecule is Cc1ccc(-c2ccc(/C=C/C(=O)Nc3cccc(Cl)c3N3CCOCC3)o2)cc1Cl. The van der Waals surface area contributed by atoms with E-state index in [1.807, 2.05) is 55.5 Å². The first-order chi connectivity index (χ1) is 15.0. The number of nitrogens with one attached hydrogen (secondary N) is 1. The Labute approximate surface area is 191 Å². The first-order valence-electron chi connectivity index (χ1n) is 9.98. The van der Waals surface area contributed by atoms with Crippen LogP contribution in [-0.2, 0) is 9.53 Å². The van der Waals surface area contributed by atoms with Crippen LogP contribution in [0.1, 0.15) is 11.3 Å². The Kier molecular flexibility index (Phi) is 6.66. The van der Waals surface area contributed by atoms with Crippen LogP contribution in [0, 0.1) is 6.92 Å². The molecule has 160 valence electrons. The van der Waals surface area contributed by atoms with Gasteiger partial charge in [0.2, 0.25) is 5.91 Å². The van der Waals surface area contributed by atoms with Gasteiger partial charge >= 0.3 is 0 Å². The number of rotatable bonds is 5. The van der Waals surface area contributed by atoms with Crippen LogP contribution >= 0.6 is 23.2 Å². The van der Waals surface area contributed by atoms with Crippen molar-refractivity contribution in [2.75, 3.05) is 36.5 Å². The molecule has 0 unspecified atom stereocenters. The Morgan fingerprint density at radius 1 is 1.06 bits per heavy atom. The maximum absolute atomic E-state index is 12.5. The third-order valence-electron chi connectivity index (χ3n) is 5.05. The van der Waals surface area contributed by atoms with E-state index in [2.05, 4.69) is 10.2 Å². The Bertz CT molecular complexity index is 1120. The van der Waals surface area contributed by atoms with Crippen molar-refractivity contribution in [2.45, 2.75) is 6.92 Å². The summed E-state index contributed by atoms with van der Waals surface area (Å²) in [5, 5.41) is 4.20. The molecule has 1 N–H and O–H groups in total. The summed E-state index contributed by atoms with van der Waals surface area (Å²) in [6.45, 7) is 4.66. The fourth-order valence-electron chi connectivity index (χ4n) is 3.40. The molecule has 2 heterocycles. The second-order valence-corrected chi connectivity index (χ2v) is 8.04. The van der Waals surface area contributed by atoms with Crippen molar-refractivity contribution in [3.05, 3.63) is 76.0 Å². The van der Waals surface area contributed by atoms with Gasteiger partial charge in [0.15, 0.2) is 0 Å². The molecule has 31 heavy (non-hydrogen) atoms. The van der Waals surface area contributed by atoms with Crippen LogP contribution in [-0.4, -0.2) is 32.2 Å². The zero-order valence-corrected chi connectivity index (χ0v) is 18.5. The quantitative estimate of drug-likeness (QED) is 0.474. The van der Waals surface area contributed by atoms with E-state index in [9.17, 15) is 4.79 Å². The van der Waals surface area contributed by atoms with E-state index in [0.29, 0.717) is 40.5 Å². The summed E-state index contributed by atoms with van der Waals surface area (Å²) in [5.41, 5.74) is 3.37. The lowest BCUT2D eigenvalue weighted by Gasteiger charge is -2.31. The molecule has 1 saturated heterocycles. The number of amides is 1. The Hall–Kier alpha value is -2.73. The predicted octanol–water partition coefficient (Wildman–Crippen LogP) is 6.05. The van der Waals surface area contributed by atoms with Crippen LogP contribution in [0.25, 0.3) is 17.4 Å². The number of halogens is 2. The van der Waals surface area contributed by atoms with Crippen LogP contribution < -0.4 is 10.2 Å². The van der Waals surface area contributed by atoms with E-state index in [0.717, 1.165) is 29.9 Å². The van der Waals surface area contributed by atoms with Gasteiger partial charge in [-0.1, -0.05) is 41.4 Å². The molecule has 7 heteroatoms. The maximum Gasteiger partial charge on any atom is 0.248 e. The van der Waals surface area contributed by atoms with Gasteiger partial charge in [-0.05, 0) is 48.9 Å². The van der Waals surface area contributed by atoms with E-state index in [1.54, 1.807) is 6.08 Å². The number of carbonyl (C=O) groups is 1. The molecule has 0 aliphatic carbocycles. The number of nitrogens with zero attached hydrogens (tertiary/aromatic N) is 1. The largest absolute Gasteiger partial charge is 0.457 e. The molecule has 0 radical (unpaired) electrons. The molecule has 0 atom stereocenters. The van der Waals surface area contributed by atoms with Gasteiger partial charge in [0.25, 0.3) is 0 Å². The van der Waals surface area contributed by atoms with E-state index in [-0.39, 0.29) is 5.91 Å². The molecular weight excluding hydrogens is 435 g/mol. The molecule has 5 nitrogen and oxygen atoms in total. The zero-order valence-electron chi connectivity index (χ0n) is 17.0. The molecule has 2 aromatic carbocycles. The molecule has 0 bridgehead atoms. The van der Waals surface area contributed by atoms with Gasteiger partial charge in [-0.15, -0.1) is 0 Å². The van der Waals surface area contributed by atoms with Crippen molar-refractivity contribution in [1.29, 1.82) is 0 Å². The first kappa shape index (κ1) is 21.5. The van der Waals surface area contributed by atoms with Gasteiger partial charge in [0, 0.05) is 29.8 Å². The van der Waals surface area contributed by atoms with E-state index < -0.39 is 0 Å². The Morgan fingerprint density at radius 2 is 1.87 bits per heavy atom. The van der Waals surface area contributed by atoms with Crippen LogP contribution in [0.4, 0.5) is 11.4 Å². The highest BCUT2D eigenvalue weighted by Crippen LogP contribution is 2.34. The van der Waals surface area contributed by atoms with Crippen LogP contribution in [0.15, 0.2) is 59.0 Å². The molecule has 3 aromatic rings. The van der Waals surface area contributed by atoms with Crippen molar-refractivity contribution in [1.82, 2.24) is 0 Å². The highest BCUT2D eigenvalue weighted by molar-refractivity contribution is 6.34. The van der Waals surface area contributed by atoms with Gasteiger partial charge in [-0.3, -0.25) is 4.79 Å². The third-order valence-corrected chi connectivity index (χ3v) is 5.77. The first-order valence-corrected chi connectivity index (χ1v) is 10.7. The number of hydrogen-bond acceptors (Lipinski definition) is 4. The maximum atomic E-state index is 12.5. The lowest BCUT2D eigenvalue weighted by Crippen LogP contribution is -2.37. The van der Waals surface area contributed by atoms with Crippen LogP contribution in [0.5, 0.6) is 0 Å². The molecule has 1 aliphatic rings. The number of morpholine rings is 1. The van der Waals surface area contributed by atoms with Gasteiger partial charge in [-0.2, -0.15) is 0 Å². The smallest absolute Gasteiger partial charge is 0.248 e. The monoisotopic (exact) mass is 456 g/mol. The van der Waals surface area contributed by atoms with Crippen LogP contribution in [0.3, 0.4) is 0 Å². The molecule has 1 aromatic heterocycles. The summed E-state index contributed by atoms with van der Waals surface area (Å²) in [7, 11) is 0. The number of anilines is 2. The standard InChI is InChI=1S/C24H22Cl2N2O3/c1-16-5-6-17(15-20(16)26)22-9-7-18(31-22)8-10-23(29)27-21-4-2-3-19(25)24(21)28-11-13-30-14-12-28/h2-10,15H,11-14H2,1H3,(H,27,29)/b10-8+. The number of carbonyl (C=O) groups excluding carboxylic acids is 1. The fourth-order valence-corrected chi connectivity index (χ4v) is 3.88. The average Bonchev–Trinajstić information content (AvgIpc) is 3.24. The summed E-state index contributed by atoms with van der Waals surface area (Å²) < 4.78 is 11.2. The summed E-state index contributed by atoms with van der Waals surface area (Å²) >= 11 is 12.6. The van der Waals surface area contributed by atoms with Crippen molar-refractivity contribution in [3.8, 4) is 11.3 Å². The minimum atomic E-state index is -0.270. The van der Waals surface area contributed by atoms with Crippen molar-refractivity contribution < 1.29 is 13.9 Å². The third kappa shape index (κ3) is 5.13. The normalized spacial score (nSPS) is 14.2. The van der Waals surface area contributed by atoms with E-state index in [1.165, 1.54) is 6.08 Å². The molecule has 4 rings (SSSR count). The van der Waals surface area contributed by atoms with Crippen LogP contribution in [0.2, 0.25) is 10.0 Å². The molecule has 1 fully saturated rings. The highest BCUT2D eigenvalue weighted by atomic mass is 35.5. The molecular formula is C24H22Cl2N2O3. The van der Waals surface area contributed by atoms with Gasteiger partial charge in [-0.25, -0.2) is 0 Å². The Morgan fingerprint density at radius 3 is 2.65 bits per heavy atom. The number of benzene rings is 2. The van der Waals surface area contributed by atoms with Crippen molar-refractivity contribution in [3.63, 3.8) is 0 Å². The summed E-state index contributed by atoms with van der Waals surface area (Å²) in [6.07, 6.45) is 3.07. The van der Waals surface area contributed by atoms with Gasteiger partial charge < -0.3 is 19.4 Å². The number of aryl methyl sites for hydroxylation is 1. The molecule has 0 spiro atoms. The zero-order chi connectivity index (χ0) is 21.8. The highest BCUT2D eigenvalue weighted by Gasteiger charge is 2.18. The number of hydrogen-bond donors (Lipinski definition) is 1. The topological polar surface area (TPSA) is 54.7 Å². The number of ether oxygens (including phenoxy) is 1. The molecule has 0 saturated carbocycles. The minimum absolute atomic E-state index is 0.270. The number of furan rings is 1. The Balaban J connectivity index is 1.47. The molecule has 1 amide bonds. The molecule has 1 aliphatic heterocycles. The lowest BCUT2D eigenvalue weighted by molar-refractivity contribution is -0.111. The van der Waals surface area contributed by atoms with E-state index >= 15 is 0 Å². The van der Waals surface area contributed by atoms with E-state index in [4.69, 9.17) is 32.4 Å².